The molecule has 3 N–H and O–H groups in total. The summed E-state index contributed by atoms with van der Waals surface area (Å²) in [6.45, 7) is 2.11. The fourth-order valence-corrected chi connectivity index (χ4v) is 2.60. The van der Waals surface area contributed by atoms with E-state index < -0.39 is 29.4 Å². The van der Waals surface area contributed by atoms with E-state index in [1.807, 2.05) is 12.3 Å². The molecule has 2 rings (SSSR count). The van der Waals surface area contributed by atoms with E-state index >= 15 is 0 Å². The van der Waals surface area contributed by atoms with Crippen molar-refractivity contribution in [2.45, 2.75) is 25.9 Å². The van der Waals surface area contributed by atoms with E-state index in [1.54, 1.807) is 18.2 Å². The van der Waals surface area contributed by atoms with Gasteiger partial charge in [0.15, 0.2) is 0 Å². The van der Waals surface area contributed by atoms with Gasteiger partial charge in [0.2, 0.25) is 5.91 Å². The molecule has 29 heavy (non-hydrogen) atoms. The Bertz CT molecular complexity index is 875. The molecule has 0 radical (unpaired) electrons. The van der Waals surface area contributed by atoms with Gasteiger partial charge in [-0.05, 0) is 49.2 Å². The number of ether oxygens (including phenoxy) is 1. The van der Waals surface area contributed by atoms with Crippen molar-refractivity contribution >= 4 is 29.2 Å². The molecule has 0 aliphatic heterocycles. The van der Waals surface area contributed by atoms with Gasteiger partial charge in [0.05, 0.1) is 17.9 Å². The van der Waals surface area contributed by atoms with Crippen LogP contribution in [0, 0.1) is 6.92 Å². The first-order valence-electron chi connectivity index (χ1n) is 8.58. The summed E-state index contributed by atoms with van der Waals surface area (Å²) in [5.74, 6) is 0.135. The van der Waals surface area contributed by atoms with Gasteiger partial charge in [-0.25, -0.2) is 10.2 Å². The molecule has 0 fully saturated rings. The highest BCUT2D eigenvalue weighted by Gasteiger charge is 2.33. The number of urea groups is 1. The Labute approximate surface area is 170 Å². The summed E-state index contributed by atoms with van der Waals surface area (Å²) in [7, 11) is 0. The third-order valence-electron chi connectivity index (χ3n) is 3.74. The lowest BCUT2D eigenvalue weighted by molar-refractivity contribution is -0.137. The molecule has 0 atom stereocenters. The number of para-hydroxylation sites is 1. The molecule has 0 bridgehead atoms. The first-order chi connectivity index (χ1) is 13.7. The number of halogens is 4. The average Bonchev–Trinajstić information content (AvgIpc) is 2.64. The predicted molar refractivity (Wildman–Crippen MR) is 103 cm³/mol. The van der Waals surface area contributed by atoms with Gasteiger partial charge in [-0.1, -0.05) is 23.7 Å². The summed E-state index contributed by atoms with van der Waals surface area (Å²) in [5, 5.41) is 2.65. The second-order valence-electron chi connectivity index (χ2n) is 6.03. The molecule has 0 unspecified atom stereocenters. The summed E-state index contributed by atoms with van der Waals surface area (Å²) in [4.78, 5) is 23.5. The minimum atomic E-state index is -4.62. The van der Waals surface area contributed by atoms with Crippen LogP contribution in [0.2, 0.25) is 5.02 Å². The summed E-state index contributed by atoms with van der Waals surface area (Å²) in [6, 6.07) is 8.69. The SMILES string of the molecule is Cc1cc(Cl)ccc1OCCCC(=O)NNC(=O)Nc1ccccc1C(F)(F)F. The highest BCUT2D eigenvalue weighted by molar-refractivity contribution is 6.30. The van der Waals surface area contributed by atoms with Gasteiger partial charge in [-0.3, -0.25) is 10.2 Å². The van der Waals surface area contributed by atoms with E-state index in [0.717, 1.165) is 17.7 Å². The van der Waals surface area contributed by atoms with Crippen molar-refractivity contribution in [2.75, 3.05) is 11.9 Å². The molecule has 0 aliphatic rings. The van der Waals surface area contributed by atoms with Gasteiger partial charge < -0.3 is 10.1 Å². The Hall–Kier alpha value is -2.94. The Morgan fingerprint density at radius 3 is 2.52 bits per heavy atom. The van der Waals surface area contributed by atoms with Gasteiger partial charge in [0.1, 0.15) is 5.75 Å². The largest absolute Gasteiger partial charge is 0.493 e. The van der Waals surface area contributed by atoms with Crippen LogP contribution >= 0.6 is 11.6 Å². The number of amides is 3. The van der Waals surface area contributed by atoms with Gasteiger partial charge in [0, 0.05) is 11.4 Å². The lowest BCUT2D eigenvalue weighted by Gasteiger charge is -2.14. The van der Waals surface area contributed by atoms with Crippen LogP contribution < -0.4 is 20.9 Å². The van der Waals surface area contributed by atoms with Gasteiger partial charge in [0.25, 0.3) is 0 Å². The van der Waals surface area contributed by atoms with Crippen molar-refractivity contribution in [1.29, 1.82) is 0 Å². The smallest absolute Gasteiger partial charge is 0.418 e. The monoisotopic (exact) mass is 429 g/mol. The number of carbonyl (C=O) groups excluding carboxylic acids is 2. The summed E-state index contributed by atoms with van der Waals surface area (Å²) in [6.07, 6.45) is -4.20. The number of nitrogens with one attached hydrogen (secondary N) is 3. The molecule has 156 valence electrons. The molecule has 2 aromatic rings. The lowest BCUT2D eigenvalue weighted by atomic mass is 10.1. The van der Waals surface area contributed by atoms with Crippen LogP contribution in [0.4, 0.5) is 23.7 Å². The quantitative estimate of drug-likeness (QED) is 0.461. The van der Waals surface area contributed by atoms with Crippen LogP contribution in [0.1, 0.15) is 24.0 Å². The number of benzene rings is 2. The highest BCUT2D eigenvalue weighted by Crippen LogP contribution is 2.34. The fourth-order valence-electron chi connectivity index (χ4n) is 2.37. The van der Waals surface area contributed by atoms with Gasteiger partial charge >= 0.3 is 12.2 Å². The second kappa shape index (κ2) is 10.0. The lowest BCUT2D eigenvalue weighted by Crippen LogP contribution is -2.44. The molecule has 3 amide bonds. The topological polar surface area (TPSA) is 79.5 Å². The molecular weight excluding hydrogens is 411 g/mol. The number of anilines is 1. The first-order valence-corrected chi connectivity index (χ1v) is 8.95. The normalized spacial score (nSPS) is 10.9. The van der Waals surface area contributed by atoms with Crippen LogP contribution in [-0.2, 0) is 11.0 Å². The molecule has 10 heteroatoms. The maximum absolute atomic E-state index is 12.9. The molecule has 2 aromatic carbocycles. The van der Waals surface area contributed by atoms with E-state index in [1.165, 1.54) is 12.1 Å². The van der Waals surface area contributed by atoms with Crippen molar-refractivity contribution < 1.29 is 27.5 Å². The van der Waals surface area contributed by atoms with Crippen molar-refractivity contribution in [3.63, 3.8) is 0 Å². The predicted octanol–water partition coefficient (Wildman–Crippen LogP) is 4.68. The second-order valence-corrected chi connectivity index (χ2v) is 6.47. The fraction of sp³-hybridized carbons (Fsp3) is 0.263. The molecule has 0 saturated carbocycles. The highest BCUT2D eigenvalue weighted by atomic mass is 35.5. The molecule has 0 aromatic heterocycles. The van der Waals surface area contributed by atoms with Crippen LogP contribution in [0.15, 0.2) is 42.5 Å². The zero-order valence-electron chi connectivity index (χ0n) is 15.4. The zero-order valence-corrected chi connectivity index (χ0v) is 16.2. The molecule has 6 nitrogen and oxygen atoms in total. The summed E-state index contributed by atoms with van der Waals surface area (Å²) >= 11 is 5.86. The molecule has 0 spiro atoms. The Morgan fingerprint density at radius 1 is 1.10 bits per heavy atom. The van der Waals surface area contributed by atoms with Gasteiger partial charge in [-0.2, -0.15) is 13.2 Å². The Balaban J connectivity index is 1.72. The van der Waals surface area contributed by atoms with Crippen molar-refractivity contribution in [3.8, 4) is 5.75 Å². The molecule has 0 aliphatic carbocycles. The average molecular weight is 430 g/mol. The minimum absolute atomic E-state index is 0.0477. The number of hydrogen-bond acceptors (Lipinski definition) is 3. The van der Waals surface area contributed by atoms with Crippen molar-refractivity contribution in [2.24, 2.45) is 0 Å². The van der Waals surface area contributed by atoms with Crippen LogP contribution in [0.3, 0.4) is 0 Å². The van der Waals surface area contributed by atoms with E-state index in [9.17, 15) is 22.8 Å². The molecular formula is C19H19ClF3N3O3. The number of aryl methyl sites for hydroxylation is 1. The van der Waals surface area contributed by atoms with E-state index in [2.05, 4.69) is 10.7 Å². The number of carbonyl (C=O) groups is 2. The summed E-state index contributed by atoms with van der Waals surface area (Å²) in [5.41, 5.74) is 3.59. The van der Waals surface area contributed by atoms with Crippen LogP contribution in [0.5, 0.6) is 5.75 Å². The number of hydrogen-bond donors (Lipinski definition) is 3. The number of hydrazine groups is 1. The Kier molecular flexibility index (Phi) is 7.72. The maximum atomic E-state index is 12.9. The minimum Gasteiger partial charge on any atom is -0.493 e. The van der Waals surface area contributed by atoms with E-state index in [0.29, 0.717) is 17.2 Å². The van der Waals surface area contributed by atoms with Gasteiger partial charge in [-0.15, -0.1) is 0 Å². The summed E-state index contributed by atoms with van der Waals surface area (Å²) < 4.78 is 44.2. The van der Waals surface area contributed by atoms with E-state index in [4.69, 9.17) is 16.3 Å². The zero-order chi connectivity index (χ0) is 21.4. The van der Waals surface area contributed by atoms with Crippen LogP contribution in [0.25, 0.3) is 0 Å². The van der Waals surface area contributed by atoms with E-state index in [-0.39, 0.29) is 13.0 Å². The Morgan fingerprint density at radius 2 is 1.83 bits per heavy atom. The standard InChI is InChI=1S/C19H19ClF3N3O3/c1-12-11-13(20)8-9-16(12)29-10-4-7-17(27)25-26-18(28)24-15-6-3-2-5-14(15)19(21,22)23/h2-3,5-6,8-9,11H,4,7,10H2,1H3,(H,25,27)(H2,24,26,28). The number of alkyl halides is 3. The van der Waals surface area contributed by atoms with Crippen molar-refractivity contribution in [1.82, 2.24) is 10.9 Å². The third kappa shape index (κ3) is 7.19. The molecule has 0 saturated heterocycles. The number of rotatable bonds is 6. The maximum Gasteiger partial charge on any atom is 0.418 e. The first kappa shape index (κ1) is 22.4. The van der Waals surface area contributed by atoms with Crippen molar-refractivity contribution in [3.05, 3.63) is 58.6 Å². The third-order valence-corrected chi connectivity index (χ3v) is 3.97. The van der Waals surface area contributed by atoms with Crippen LogP contribution in [-0.4, -0.2) is 18.5 Å². The molecule has 0 heterocycles.